The lowest BCUT2D eigenvalue weighted by atomic mass is 10.1. The van der Waals surface area contributed by atoms with Crippen molar-refractivity contribution in [2.45, 2.75) is 19.6 Å². The Balaban J connectivity index is 1.59. The highest BCUT2D eigenvalue weighted by atomic mass is 16.6. The third-order valence-corrected chi connectivity index (χ3v) is 3.24. The highest BCUT2D eigenvalue weighted by molar-refractivity contribution is 5.76. The smallest absolute Gasteiger partial charge is 0.351 e. The minimum atomic E-state index is -0.718. The Morgan fingerprint density at radius 1 is 1.19 bits per heavy atom. The van der Waals surface area contributed by atoms with E-state index in [9.17, 15) is 4.79 Å². The molecular weight excluding hydrogens is 268 g/mol. The molecule has 4 nitrogen and oxygen atoms in total. The van der Waals surface area contributed by atoms with Crippen molar-refractivity contribution in [2.75, 3.05) is 6.61 Å². The van der Waals surface area contributed by atoms with Crippen molar-refractivity contribution >= 4 is 5.97 Å². The van der Waals surface area contributed by atoms with Gasteiger partial charge in [0, 0.05) is 0 Å². The number of rotatable bonds is 3. The summed E-state index contributed by atoms with van der Waals surface area (Å²) >= 11 is 0. The topological polar surface area (TPSA) is 44.8 Å². The van der Waals surface area contributed by atoms with Crippen LogP contribution in [-0.4, -0.2) is 18.7 Å². The minimum absolute atomic E-state index is 0.170. The molecule has 4 heteroatoms. The van der Waals surface area contributed by atoms with E-state index in [2.05, 4.69) is 0 Å². The van der Waals surface area contributed by atoms with Crippen molar-refractivity contribution in [3.05, 3.63) is 59.7 Å². The Morgan fingerprint density at radius 2 is 2.00 bits per heavy atom. The summed E-state index contributed by atoms with van der Waals surface area (Å²) in [7, 11) is 0. The summed E-state index contributed by atoms with van der Waals surface area (Å²) in [5, 5.41) is 0. The van der Waals surface area contributed by atoms with E-state index in [4.69, 9.17) is 14.2 Å². The Labute approximate surface area is 123 Å². The van der Waals surface area contributed by atoms with Gasteiger partial charge in [-0.15, -0.1) is 0 Å². The minimum Gasteiger partial charge on any atom is -0.485 e. The molecule has 2 aromatic rings. The average molecular weight is 284 g/mol. The zero-order chi connectivity index (χ0) is 14.7. The van der Waals surface area contributed by atoms with Crippen molar-refractivity contribution < 1.29 is 19.0 Å². The van der Waals surface area contributed by atoms with Gasteiger partial charge in [0.05, 0.1) is 0 Å². The lowest BCUT2D eigenvalue weighted by Gasteiger charge is -2.24. The first-order chi connectivity index (χ1) is 10.2. The Kier molecular flexibility index (Phi) is 3.77. The van der Waals surface area contributed by atoms with Gasteiger partial charge in [0.15, 0.2) is 11.5 Å². The molecule has 0 fully saturated rings. The Bertz CT molecular complexity index is 651. The van der Waals surface area contributed by atoms with Gasteiger partial charge in [-0.1, -0.05) is 42.0 Å². The molecular formula is C17H16O4. The molecule has 0 saturated heterocycles. The fraction of sp³-hybridized carbons (Fsp3) is 0.235. The van der Waals surface area contributed by atoms with Crippen LogP contribution in [0.2, 0.25) is 0 Å². The number of ether oxygens (including phenoxy) is 3. The average Bonchev–Trinajstić information content (AvgIpc) is 2.52. The van der Waals surface area contributed by atoms with Crippen LogP contribution in [0.25, 0.3) is 0 Å². The molecule has 0 aromatic heterocycles. The van der Waals surface area contributed by atoms with Gasteiger partial charge >= 0.3 is 5.97 Å². The van der Waals surface area contributed by atoms with Gasteiger partial charge in [0.2, 0.25) is 6.10 Å². The van der Waals surface area contributed by atoms with Gasteiger partial charge in [-0.3, -0.25) is 0 Å². The lowest BCUT2D eigenvalue weighted by Crippen LogP contribution is -2.37. The predicted octanol–water partition coefficient (Wildman–Crippen LogP) is 2.88. The fourth-order valence-corrected chi connectivity index (χ4v) is 2.19. The molecule has 0 aliphatic carbocycles. The van der Waals surface area contributed by atoms with E-state index in [-0.39, 0.29) is 13.2 Å². The molecule has 1 atom stereocenters. The molecule has 3 rings (SSSR count). The second-order valence-corrected chi connectivity index (χ2v) is 4.96. The van der Waals surface area contributed by atoms with E-state index in [1.165, 1.54) is 0 Å². The van der Waals surface area contributed by atoms with E-state index in [0.29, 0.717) is 11.5 Å². The summed E-state index contributed by atoms with van der Waals surface area (Å²) in [6, 6.07) is 15.1. The third kappa shape index (κ3) is 3.16. The van der Waals surface area contributed by atoms with Crippen molar-refractivity contribution in [2.24, 2.45) is 0 Å². The summed E-state index contributed by atoms with van der Waals surface area (Å²) in [5.74, 6) is 0.812. The maximum Gasteiger partial charge on any atom is 0.351 e. The molecule has 0 spiro atoms. The maximum atomic E-state index is 12.0. The second kappa shape index (κ2) is 5.87. The molecule has 0 radical (unpaired) electrons. The van der Waals surface area contributed by atoms with Crippen LogP contribution in [0.1, 0.15) is 11.1 Å². The van der Waals surface area contributed by atoms with Crippen LogP contribution in [0.15, 0.2) is 48.5 Å². The molecule has 1 heterocycles. The molecule has 1 aliphatic rings. The normalized spacial score (nSPS) is 16.3. The highest BCUT2D eigenvalue weighted by Crippen LogP contribution is 2.31. The van der Waals surface area contributed by atoms with Crippen molar-refractivity contribution in [3.63, 3.8) is 0 Å². The monoisotopic (exact) mass is 284 g/mol. The van der Waals surface area contributed by atoms with E-state index >= 15 is 0 Å². The second-order valence-electron chi connectivity index (χ2n) is 4.96. The quantitative estimate of drug-likeness (QED) is 0.813. The van der Waals surface area contributed by atoms with Crippen LogP contribution < -0.4 is 9.47 Å². The molecule has 21 heavy (non-hydrogen) atoms. The summed E-state index contributed by atoms with van der Waals surface area (Å²) in [5.41, 5.74) is 2.09. The van der Waals surface area contributed by atoms with Gasteiger partial charge in [-0.2, -0.15) is 0 Å². The largest absolute Gasteiger partial charge is 0.485 e. The molecule has 0 bridgehead atoms. The van der Waals surface area contributed by atoms with E-state index in [1.54, 1.807) is 6.07 Å². The number of esters is 1. The van der Waals surface area contributed by atoms with Gasteiger partial charge in [-0.25, -0.2) is 4.79 Å². The number of carbonyl (C=O) groups is 1. The first-order valence-electron chi connectivity index (χ1n) is 6.83. The number of benzene rings is 2. The number of para-hydroxylation sites is 2. The van der Waals surface area contributed by atoms with Gasteiger partial charge < -0.3 is 14.2 Å². The van der Waals surface area contributed by atoms with Crippen molar-refractivity contribution in [1.82, 2.24) is 0 Å². The van der Waals surface area contributed by atoms with E-state index in [1.807, 2.05) is 49.4 Å². The van der Waals surface area contributed by atoms with E-state index < -0.39 is 12.1 Å². The van der Waals surface area contributed by atoms with Gasteiger partial charge in [0.1, 0.15) is 13.2 Å². The predicted molar refractivity (Wildman–Crippen MR) is 77.3 cm³/mol. The molecule has 108 valence electrons. The van der Waals surface area contributed by atoms with Crippen LogP contribution in [0.3, 0.4) is 0 Å². The number of hydrogen-bond acceptors (Lipinski definition) is 4. The maximum absolute atomic E-state index is 12.0. The van der Waals surface area contributed by atoms with Gasteiger partial charge in [-0.05, 0) is 24.6 Å². The Morgan fingerprint density at radius 3 is 2.81 bits per heavy atom. The van der Waals surface area contributed by atoms with Crippen LogP contribution in [0.5, 0.6) is 11.5 Å². The molecule has 0 amide bonds. The number of aryl methyl sites for hydroxylation is 1. The summed E-state index contributed by atoms with van der Waals surface area (Å²) in [6.45, 7) is 2.41. The Hall–Kier alpha value is -2.49. The molecule has 1 aliphatic heterocycles. The SMILES string of the molecule is Cc1cccc(COC(=O)[C@@H]2COc3ccccc3O2)c1. The van der Waals surface area contributed by atoms with Crippen LogP contribution in [0.4, 0.5) is 0 Å². The lowest BCUT2D eigenvalue weighted by molar-refractivity contribution is -0.155. The summed E-state index contributed by atoms with van der Waals surface area (Å²) in [4.78, 5) is 12.0. The number of carbonyl (C=O) groups excluding carboxylic acids is 1. The highest BCUT2D eigenvalue weighted by Gasteiger charge is 2.28. The van der Waals surface area contributed by atoms with Crippen LogP contribution in [0, 0.1) is 6.92 Å². The first kappa shape index (κ1) is 13.5. The molecule has 2 aromatic carbocycles. The van der Waals surface area contributed by atoms with Crippen molar-refractivity contribution in [1.29, 1.82) is 0 Å². The van der Waals surface area contributed by atoms with Crippen molar-refractivity contribution in [3.8, 4) is 11.5 Å². The number of fused-ring (bicyclic) bond motifs is 1. The zero-order valence-electron chi connectivity index (χ0n) is 11.7. The molecule has 0 unspecified atom stereocenters. The summed E-state index contributed by atoms with van der Waals surface area (Å²) < 4.78 is 16.4. The van der Waals surface area contributed by atoms with Crippen LogP contribution in [-0.2, 0) is 16.1 Å². The van der Waals surface area contributed by atoms with Crippen LogP contribution >= 0.6 is 0 Å². The molecule has 0 N–H and O–H groups in total. The van der Waals surface area contributed by atoms with Gasteiger partial charge in [0.25, 0.3) is 0 Å². The van der Waals surface area contributed by atoms with E-state index in [0.717, 1.165) is 11.1 Å². The molecule has 0 saturated carbocycles. The summed E-state index contributed by atoms with van der Waals surface area (Å²) in [6.07, 6.45) is -0.718. The number of hydrogen-bond donors (Lipinski definition) is 0. The third-order valence-electron chi connectivity index (χ3n) is 3.24. The standard InChI is InChI=1S/C17H16O4/c1-12-5-4-6-13(9-12)10-20-17(18)16-11-19-14-7-2-3-8-15(14)21-16/h2-9,16H,10-11H2,1H3/t16-/m0/s1. The zero-order valence-corrected chi connectivity index (χ0v) is 11.7. The first-order valence-corrected chi connectivity index (χ1v) is 6.83. The fourth-order valence-electron chi connectivity index (χ4n) is 2.19.